The molecule has 0 saturated carbocycles. The van der Waals surface area contributed by atoms with E-state index in [9.17, 15) is 0 Å². The topological polar surface area (TPSA) is 12.9 Å². The minimum absolute atomic E-state index is 1.03. The van der Waals surface area contributed by atoms with Crippen molar-refractivity contribution >= 4 is 6.08 Å². The molecular weight excluding hydrogens is 158 g/mol. The van der Waals surface area contributed by atoms with E-state index in [4.69, 9.17) is 0 Å². The highest BCUT2D eigenvalue weighted by molar-refractivity contribution is 5.54. The second kappa shape index (κ2) is 4.04. The van der Waals surface area contributed by atoms with Crippen LogP contribution in [0.5, 0.6) is 0 Å². The van der Waals surface area contributed by atoms with Gasteiger partial charge in [0.1, 0.15) is 0 Å². The summed E-state index contributed by atoms with van der Waals surface area (Å²) < 4.78 is 0. The molecule has 0 unspecified atom stereocenters. The van der Waals surface area contributed by atoms with Crippen LogP contribution >= 0.6 is 0 Å². The fourth-order valence-electron chi connectivity index (χ4n) is 1.15. The SMILES string of the molecule is C=C/C(C)=C\c1ncc(C)cc1C. The van der Waals surface area contributed by atoms with Crippen molar-refractivity contribution in [2.75, 3.05) is 0 Å². The van der Waals surface area contributed by atoms with Crippen molar-refractivity contribution in [3.63, 3.8) is 0 Å². The predicted molar refractivity (Wildman–Crippen MR) is 57.6 cm³/mol. The van der Waals surface area contributed by atoms with Crippen LogP contribution in [0.3, 0.4) is 0 Å². The monoisotopic (exact) mass is 173 g/mol. The van der Waals surface area contributed by atoms with Crippen LogP contribution in [-0.2, 0) is 0 Å². The quantitative estimate of drug-likeness (QED) is 0.625. The van der Waals surface area contributed by atoms with E-state index < -0.39 is 0 Å². The lowest BCUT2D eigenvalue weighted by molar-refractivity contribution is 1.19. The van der Waals surface area contributed by atoms with Crippen molar-refractivity contribution in [2.24, 2.45) is 0 Å². The molecule has 0 atom stereocenters. The molecule has 1 heterocycles. The molecule has 1 rings (SSSR count). The number of aryl methyl sites for hydroxylation is 2. The number of rotatable bonds is 2. The predicted octanol–water partition coefficient (Wildman–Crippen LogP) is 3.29. The van der Waals surface area contributed by atoms with Crippen LogP contribution in [0.1, 0.15) is 23.7 Å². The van der Waals surface area contributed by atoms with Crippen molar-refractivity contribution in [1.82, 2.24) is 4.98 Å². The number of hydrogen-bond donors (Lipinski definition) is 0. The highest BCUT2D eigenvalue weighted by Gasteiger charge is 1.96. The summed E-state index contributed by atoms with van der Waals surface area (Å²) in [5, 5.41) is 0. The highest BCUT2D eigenvalue weighted by Crippen LogP contribution is 2.11. The molecule has 0 spiro atoms. The van der Waals surface area contributed by atoms with Crippen LogP contribution in [0.2, 0.25) is 0 Å². The maximum absolute atomic E-state index is 4.34. The smallest absolute Gasteiger partial charge is 0.0661 e. The van der Waals surface area contributed by atoms with Gasteiger partial charge in [-0.3, -0.25) is 4.98 Å². The van der Waals surface area contributed by atoms with E-state index in [2.05, 4.69) is 24.6 Å². The Balaban J connectivity index is 3.09. The van der Waals surface area contributed by atoms with E-state index in [1.165, 1.54) is 11.1 Å². The van der Waals surface area contributed by atoms with E-state index >= 15 is 0 Å². The van der Waals surface area contributed by atoms with Gasteiger partial charge in [0.15, 0.2) is 0 Å². The molecule has 68 valence electrons. The van der Waals surface area contributed by atoms with Gasteiger partial charge in [0, 0.05) is 6.20 Å². The summed E-state index contributed by atoms with van der Waals surface area (Å²) in [6.07, 6.45) is 5.76. The van der Waals surface area contributed by atoms with Crippen LogP contribution in [0.25, 0.3) is 6.08 Å². The maximum atomic E-state index is 4.34. The van der Waals surface area contributed by atoms with Crippen molar-refractivity contribution in [3.8, 4) is 0 Å². The zero-order valence-electron chi connectivity index (χ0n) is 8.46. The number of pyridine rings is 1. The molecule has 0 aromatic carbocycles. The standard InChI is InChI=1S/C12H15N/c1-5-9(2)7-12-11(4)6-10(3)8-13-12/h5-8H,1H2,2-4H3/b9-7-. The van der Waals surface area contributed by atoms with Crippen molar-refractivity contribution in [3.05, 3.63) is 47.3 Å². The zero-order chi connectivity index (χ0) is 9.84. The Morgan fingerprint density at radius 3 is 2.69 bits per heavy atom. The molecule has 0 fully saturated rings. The third kappa shape index (κ3) is 2.55. The first kappa shape index (κ1) is 9.72. The second-order valence-corrected chi connectivity index (χ2v) is 3.31. The van der Waals surface area contributed by atoms with Crippen molar-refractivity contribution in [1.29, 1.82) is 0 Å². The van der Waals surface area contributed by atoms with Gasteiger partial charge in [-0.15, -0.1) is 0 Å². The highest BCUT2D eigenvalue weighted by atomic mass is 14.7. The van der Waals surface area contributed by atoms with Crippen LogP contribution in [0.15, 0.2) is 30.5 Å². The Kier molecular flexibility index (Phi) is 3.02. The van der Waals surface area contributed by atoms with Gasteiger partial charge < -0.3 is 0 Å². The van der Waals surface area contributed by atoms with E-state index in [1.807, 2.05) is 32.2 Å². The summed E-state index contributed by atoms with van der Waals surface area (Å²) in [7, 11) is 0. The third-order valence-electron chi connectivity index (χ3n) is 1.94. The lowest BCUT2D eigenvalue weighted by Crippen LogP contribution is -1.88. The summed E-state index contributed by atoms with van der Waals surface area (Å²) in [4.78, 5) is 4.34. The van der Waals surface area contributed by atoms with Gasteiger partial charge in [-0.05, 0) is 43.5 Å². The van der Waals surface area contributed by atoms with E-state index in [0.29, 0.717) is 0 Å². The van der Waals surface area contributed by atoms with Gasteiger partial charge in [0.25, 0.3) is 0 Å². The number of aromatic nitrogens is 1. The Bertz CT molecular complexity index is 348. The van der Waals surface area contributed by atoms with Gasteiger partial charge in [0.2, 0.25) is 0 Å². The Labute approximate surface area is 79.8 Å². The molecule has 0 aliphatic rings. The Morgan fingerprint density at radius 1 is 1.46 bits per heavy atom. The summed E-state index contributed by atoms with van der Waals surface area (Å²) in [6.45, 7) is 9.85. The number of allylic oxidation sites excluding steroid dienone is 2. The lowest BCUT2D eigenvalue weighted by atomic mass is 10.1. The average Bonchev–Trinajstić information content (AvgIpc) is 2.09. The Morgan fingerprint density at radius 2 is 2.15 bits per heavy atom. The summed E-state index contributed by atoms with van der Waals surface area (Å²) >= 11 is 0. The van der Waals surface area contributed by atoms with Gasteiger partial charge >= 0.3 is 0 Å². The van der Waals surface area contributed by atoms with Gasteiger partial charge in [-0.25, -0.2) is 0 Å². The van der Waals surface area contributed by atoms with E-state index in [-0.39, 0.29) is 0 Å². The van der Waals surface area contributed by atoms with Crippen molar-refractivity contribution < 1.29 is 0 Å². The fourth-order valence-corrected chi connectivity index (χ4v) is 1.15. The normalized spacial score (nSPS) is 11.5. The maximum Gasteiger partial charge on any atom is 0.0661 e. The molecule has 1 nitrogen and oxygen atoms in total. The molecule has 0 amide bonds. The van der Waals surface area contributed by atoms with Crippen LogP contribution < -0.4 is 0 Å². The van der Waals surface area contributed by atoms with Crippen LogP contribution in [0.4, 0.5) is 0 Å². The minimum Gasteiger partial charge on any atom is -0.256 e. The molecule has 0 bridgehead atoms. The molecule has 13 heavy (non-hydrogen) atoms. The molecule has 0 saturated heterocycles. The van der Waals surface area contributed by atoms with Crippen LogP contribution in [-0.4, -0.2) is 4.98 Å². The molecule has 0 N–H and O–H groups in total. The van der Waals surface area contributed by atoms with Crippen molar-refractivity contribution in [2.45, 2.75) is 20.8 Å². The average molecular weight is 173 g/mol. The third-order valence-corrected chi connectivity index (χ3v) is 1.94. The molecule has 0 aliphatic carbocycles. The largest absolute Gasteiger partial charge is 0.256 e. The summed E-state index contributed by atoms with van der Waals surface area (Å²) in [6, 6.07) is 2.13. The lowest BCUT2D eigenvalue weighted by Gasteiger charge is -2.01. The molecular formula is C12H15N. The summed E-state index contributed by atoms with van der Waals surface area (Å²) in [5.41, 5.74) is 4.58. The van der Waals surface area contributed by atoms with Gasteiger partial charge in [-0.1, -0.05) is 18.7 Å². The Hall–Kier alpha value is -1.37. The van der Waals surface area contributed by atoms with Crippen LogP contribution in [0, 0.1) is 13.8 Å². The number of nitrogens with zero attached hydrogens (tertiary/aromatic N) is 1. The molecule has 1 aromatic rings. The summed E-state index contributed by atoms with van der Waals surface area (Å²) in [5.74, 6) is 0. The number of hydrogen-bond acceptors (Lipinski definition) is 1. The molecule has 0 radical (unpaired) electrons. The molecule has 1 heteroatoms. The zero-order valence-corrected chi connectivity index (χ0v) is 8.46. The second-order valence-electron chi connectivity index (χ2n) is 3.31. The van der Waals surface area contributed by atoms with E-state index in [1.54, 1.807) is 0 Å². The van der Waals surface area contributed by atoms with Gasteiger partial charge in [0.05, 0.1) is 5.69 Å². The minimum atomic E-state index is 1.03. The first-order valence-corrected chi connectivity index (χ1v) is 4.37. The first-order valence-electron chi connectivity index (χ1n) is 4.37. The fraction of sp³-hybridized carbons (Fsp3) is 0.250. The molecule has 1 aromatic heterocycles. The first-order chi connectivity index (χ1) is 6.13. The van der Waals surface area contributed by atoms with E-state index in [0.717, 1.165) is 11.3 Å². The van der Waals surface area contributed by atoms with Gasteiger partial charge in [-0.2, -0.15) is 0 Å². The molecule has 0 aliphatic heterocycles.